The van der Waals surface area contributed by atoms with Gasteiger partial charge >= 0.3 is 0 Å². The van der Waals surface area contributed by atoms with E-state index in [2.05, 4.69) is 19.2 Å². The number of carbonyl (C=O) groups excluding carboxylic acids is 1. The van der Waals surface area contributed by atoms with Crippen molar-refractivity contribution in [3.05, 3.63) is 0 Å². The van der Waals surface area contributed by atoms with Gasteiger partial charge in [0, 0.05) is 6.04 Å². The molecule has 3 nitrogen and oxygen atoms in total. The number of nitrogens with one attached hydrogen (secondary N) is 1. The van der Waals surface area contributed by atoms with Gasteiger partial charge < -0.3 is 11.1 Å². The molecule has 0 aromatic heterocycles. The van der Waals surface area contributed by atoms with E-state index in [1.54, 1.807) is 0 Å². The summed E-state index contributed by atoms with van der Waals surface area (Å²) < 4.78 is 0. The fraction of sp³-hybridized carbons (Fsp3) is 0.929. The molecule has 1 aliphatic rings. The quantitative estimate of drug-likeness (QED) is 0.775. The minimum absolute atomic E-state index is 0.0381. The molecule has 0 aromatic rings. The number of amides is 1. The lowest BCUT2D eigenvalue weighted by molar-refractivity contribution is -0.127. The predicted octanol–water partition coefficient (Wildman–Crippen LogP) is 2.44. The predicted molar refractivity (Wildman–Crippen MR) is 71.6 cm³/mol. The lowest BCUT2D eigenvalue weighted by Gasteiger charge is -2.29. The van der Waals surface area contributed by atoms with E-state index in [-0.39, 0.29) is 5.91 Å². The molecule has 0 radical (unpaired) electrons. The lowest BCUT2D eigenvalue weighted by atomic mass is 9.90. The van der Waals surface area contributed by atoms with Crippen LogP contribution >= 0.6 is 0 Å². The lowest BCUT2D eigenvalue weighted by Crippen LogP contribution is -2.56. The minimum Gasteiger partial charge on any atom is -0.351 e. The van der Waals surface area contributed by atoms with Crippen molar-refractivity contribution in [1.82, 2.24) is 5.32 Å². The molecule has 0 spiro atoms. The first kappa shape index (κ1) is 14.5. The molecule has 1 amide bonds. The normalized spacial score (nSPS) is 29.4. The Balaban J connectivity index is 2.58. The van der Waals surface area contributed by atoms with E-state index in [9.17, 15) is 4.79 Å². The van der Waals surface area contributed by atoms with E-state index in [1.807, 2.05) is 13.8 Å². The van der Waals surface area contributed by atoms with Crippen LogP contribution in [-0.4, -0.2) is 17.5 Å². The maximum Gasteiger partial charge on any atom is 0.240 e. The van der Waals surface area contributed by atoms with Gasteiger partial charge in [0.25, 0.3) is 0 Å². The Morgan fingerprint density at radius 2 is 1.88 bits per heavy atom. The number of carbonyl (C=O) groups is 1. The Bertz CT molecular complexity index is 261. The Morgan fingerprint density at radius 3 is 2.29 bits per heavy atom. The Kier molecular flexibility index (Phi) is 4.99. The Labute approximate surface area is 106 Å². The first-order valence-corrected chi connectivity index (χ1v) is 7.08. The zero-order chi connectivity index (χ0) is 13.1. The van der Waals surface area contributed by atoms with Crippen molar-refractivity contribution in [1.29, 1.82) is 0 Å². The van der Waals surface area contributed by atoms with E-state index in [1.165, 1.54) is 12.8 Å². The van der Waals surface area contributed by atoms with Gasteiger partial charge in [-0.3, -0.25) is 4.79 Å². The third kappa shape index (κ3) is 3.01. The SMILES string of the molecule is CCC1CCC(NC(=O)C(N)(CC)CC)C1C. The summed E-state index contributed by atoms with van der Waals surface area (Å²) in [4.78, 5) is 12.2. The monoisotopic (exact) mass is 240 g/mol. The van der Waals surface area contributed by atoms with Crippen LogP contribution in [0, 0.1) is 11.8 Å². The van der Waals surface area contributed by atoms with Gasteiger partial charge in [0.15, 0.2) is 0 Å². The summed E-state index contributed by atoms with van der Waals surface area (Å²) in [5.41, 5.74) is 5.44. The van der Waals surface area contributed by atoms with Crippen LogP contribution in [0.2, 0.25) is 0 Å². The maximum absolute atomic E-state index is 12.2. The maximum atomic E-state index is 12.2. The number of rotatable bonds is 5. The average molecular weight is 240 g/mol. The molecule has 1 fully saturated rings. The van der Waals surface area contributed by atoms with Crippen molar-refractivity contribution in [3.63, 3.8) is 0 Å². The summed E-state index contributed by atoms with van der Waals surface area (Å²) in [5.74, 6) is 1.38. The third-order valence-electron chi connectivity index (χ3n) is 4.78. The summed E-state index contributed by atoms with van der Waals surface area (Å²) >= 11 is 0. The van der Waals surface area contributed by atoms with Gasteiger partial charge in [-0.1, -0.05) is 34.1 Å². The van der Waals surface area contributed by atoms with Crippen molar-refractivity contribution in [2.75, 3.05) is 0 Å². The van der Waals surface area contributed by atoms with Crippen LogP contribution < -0.4 is 11.1 Å². The topological polar surface area (TPSA) is 55.1 Å². The van der Waals surface area contributed by atoms with Crippen molar-refractivity contribution in [2.45, 2.75) is 71.4 Å². The molecule has 0 aliphatic heterocycles. The van der Waals surface area contributed by atoms with Gasteiger partial charge in [-0.15, -0.1) is 0 Å². The standard InChI is InChI=1S/C14H28N2O/c1-5-11-8-9-12(10(11)4)16-13(17)14(15,6-2)7-3/h10-12H,5-9,15H2,1-4H3,(H,16,17). The van der Waals surface area contributed by atoms with Gasteiger partial charge in [-0.25, -0.2) is 0 Å². The highest BCUT2D eigenvalue weighted by molar-refractivity contribution is 5.86. The second kappa shape index (κ2) is 5.85. The summed E-state index contributed by atoms with van der Waals surface area (Å²) in [5, 5.41) is 3.17. The highest BCUT2D eigenvalue weighted by atomic mass is 16.2. The van der Waals surface area contributed by atoms with Crippen molar-refractivity contribution >= 4 is 5.91 Å². The third-order valence-corrected chi connectivity index (χ3v) is 4.78. The van der Waals surface area contributed by atoms with Gasteiger partial charge in [-0.2, -0.15) is 0 Å². The molecule has 17 heavy (non-hydrogen) atoms. The molecule has 0 bridgehead atoms. The van der Waals surface area contributed by atoms with Crippen molar-refractivity contribution < 1.29 is 4.79 Å². The molecule has 3 unspecified atom stereocenters. The van der Waals surface area contributed by atoms with Crippen LogP contribution in [0.3, 0.4) is 0 Å². The van der Waals surface area contributed by atoms with Gasteiger partial charge in [0.05, 0.1) is 5.54 Å². The molecule has 0 heterocycles. The molecular weight excluding hydrogens is 212 g/mol. The minimum atomic E-state index is -0.677. The first-order chi connectivity index (χ1) is 7.98. The van der Waals surface area contributed by atoms with Gasteiger partial charge in [-0.05, 0) is 37.5 Å². The molecule has 3 atom stereocenters. The fourth-order valence-corrected chi connectivity index (χ4v) is 2.91. The molecular formula is C14H28N2O. The second-order valence-corrected chi connectivity index (χ2v) is 5.55. The van der Waals surface area contributed by atoms with Crippen LogP contribution in [0.5, 0.6) is 0 Å². The van der Waals surface area contributed by atoms with Crippen LogP contribution in [0.1, 0.15) is 59.8 Å². The van der Waals surface area contributed by atoms with E-state index in [0.29, 0.717) is 24.8 Å². The van der Waals surface area contributed by atoms with E-state index >= 15 is 0 Å². The molecule has 3 heteroatoms. The molecule has 1 aliphatic carbocycles. The van der Waals surface area contributed by atoms with Crippen LogP contribution in [0.15, 0.2) is 0 Å². The molecule has 3 N–H and O–H groups in total. The number of nitrogens with two attached hydrogens (primary N) is 1. The van der Waals surface area contributed by atoms with Crippen LogP contribution in [-0.2, 0) is 4.79 Å². The summed E-state index contributed by atoms with van der Waals surface area (Å²) in [6.07, 6.45) is 4.96. The van der Waals surface area contributed by atoms with E-state index < -0.39 is 5.54 Å². The summed E-state index contributed by atoms with van der Waals surface area (Å²) in [7, 11) is 0. The van der Waals surface area contributed by atoms with E-state index in [0.717, 1.165) is 12.3 Å². The second-order valence-electron chi connectivity index (χ2n) is 5.55. The Morgan fingerprint density at radius 1 is 1.29 bits per heavy atom. The molecule has 0 aromatic carbocycles. The number of hydrogen-bond acceptors (Lipinski definition) is 2. The van der Waals surface area contributed by atoms with E-state index in [4.69, 9.17) is 5.73 Å². The van der Waals surface area contributed by atoms with Gasteiger partial charge in [0.1, 0.15) is 0 Å². The zero-order valence-electron chi connectivity index (χ0n) is 11.8. The highest BCUT2D eigenvalue weighted by Gasteiger charge is 2.36. The molecule has 100 valence electrons. The molecule has 1 rings (SSSR count). The van der Waals surface area contributed by atoms with Crippen LogP contribution in [0.4, 0.5) is 0 Å². The van der Waals surface area contributed by atoms with Gasteiger partial charge in [0.2, 0.25) is 5.91 Å². The van der Waals surface area contributed by atoms with Crippen LogP contribution in [0.25, 0.3) is 0 Å². The smallest absolute Gasteiger partial charge is 0.240 e. The average Bonchev–Trinajstić information content (AvgIpc) is 2.69. The largest absolute Gasteiger partial charge is 0.351 e. The zero-order valence-corrected chi connectivity index (χ0v) is 11.8. The summed E-state index contributed by atoms with van der Waals surface area (Å²) in [6, 6.07) is 0.327. The fourth-order valence-electron chi connectivity index (χ4n) is 2.91. The van der Waals surface area contributed by atoms with Crippen molar-refractivity contribution in [2.24, 2.45) is 17.6 Å². The number of hydrogen-bond donors (Lipinski definition) is 2. The molecule has 0 saturated heterocycles. The Hall–Kier alpha value is -0.570. The first-order valence-electron chi connectivity index (χ1n) is 7.08. The van der Waals surface area contributed by atoms with Crippen molar-refractivity contribution in [3.8, 4) is 0 Å². The highest BCUT2D eigenvalue weighted by Crippen LogP contribution is 2.34. The molecule has 1 saturated carbocycles. The summed E-state index contributed by atoms with van der Waals surface area (Å²) in [6.45, 7) is 8.45.